The summed E-state index contributed by atoms with van der Waals surface area (Å²) < 4.78 is 28.6. The summed E-state index contributed by atoms with van der Waals surface area (Å²) >= 11 is 0. The van der Waals surface area contributed by atoms with Gasteiger partial charge in [0, 0.05) is 0 Å². The van der Waals surface area contributed by atoms with Gasteiger partial charge in [-0.2, -0.15) is 8.78 Å². The first-order valence-corrected chi connectivity index (χ1v) is 5.78. The maximum Gasteiger partial charge on any atom is 0.387 e. The van der Waals surface area contributed by atoms with Gasteiger partial charge in [-0.05, 0) is 18.6 Å². The van der Waals surface area contributed by atoms with Gasteiger partial charge >= 0.3 is 18.6 Å². The zero-order valence-corrected chi connectivity index (χ0v) is 10.6. The van der Waals surface area contributed by atoms with E-state index in [-0.39, 0.29) is 17.9 Å². The van der Waals surface area contributed by atoms with Crippen LogP contribution in [-0.2, 0) is 4.79 Å². The van der Waals surface area contributed by atoms with Crippen molar-refractivity contribution in [3.63, 3.8) is 0 Å². The summed E-state index contributed by atoms with van der Waals surface area (Å²) in [6, 6.07) is 3.73. The molecule has 1 aromatic carbocycles. The number of hydrogen-bond acceptors (Lipinski definition) is 3. The Morgan fingerprint density at radius 2 is 2.00 bits per heavy atom. The Kier molecular flexibility index (Phi) is 5.70. The van der Waals surface area contributed by atoms with E-state index in [1.165, 1.54) is 24.3 Å². The number of anilines is 1. The fourth-order valence-electron chi connectivity index (χ4n) is 1.42. The minimum absolute atomic E-state index is 0.0190. The van der Waals surface area contributed by atoms with E-state index < -0.39 is 24.7 Å². The molecular weight excluding hydrogens is 274 g/mol. The molecule has 0 bridgehead atoms. The Labute approximate surface area is 113 Å². The van der Waals surface area contributed by atoms with Crippen molar-refractivity contribution >= 4 is 17.7 Å². The smallest absolute Gasteiger partial charge is 0.387 e. The van der Waals surface area contributed by atoms with Gasteiger partial charge in [-0.15, -0.1) is 0 Å². The SMILES string of the molecule is CC[C@H](NC(=O)Nc1ccccc1OC(F)F)C(=O)O. The topological polar surface area (TPSA) is 87.7 Å². The number of urea groups is 1. The quantitative estimate of drug-likeness (QED) is 0.749. The summed E-state index contributed by atoms with van der Waals surface area (Å²) in [7, 11) is 0. The standard InChI is InChI=1S/C12H14F2N2O4/c1-2-7(10(17)18)15-12(19)16-8-5-3-4-6-9(8)20-11(13)14/h3-7,11H,2H2,1H3,(H,17,18)(H2,15,16,19)/t7-/m0/s1. The number of hydrogen-bond donors (Lipinski definition) is 3. The van der Waals surface area contributed by atoms with Crippen molar-refractivity contribution in [2.75, 3.05) is 5.32 Å². The third kappa shape index (κ3) is 4.71. The number of amides is 2. The van der Waals surface area contributed by atoms with Crippen molar-refractivity contribution in [3.05, 3.63) is 24.3 Å². The van der Waals surface area contributed by atoms with E-state index in [4.69, 9.17) is 5.11 Å². The molecule has 1 atom stereocenters. The molecule has 110 valence electrons. The number of carbonyl (C=O) groups is 2. The average molecular weight is 288 g/mol. The van der Waals surface area contributed by atoms with Crippen LogP contribution >= 0.6 is 0 Å². The minimum atomic E-state index is -3.02. The second kappa shape index (κ2) is 7.27. The molecule has 0 unspecified atom stereocenters. The van der Waals surface area contributed by atoms with Crippen LogP contribution in [0, 0.1) is 0 Å². The van der Waals surface area contributed by atoms with E-state index in [9.17, 15) is 18.4 Å². The highest BCUT2D eigenvalue weighted by molar-refractivity contribution is 5.93. The molecule has 6 nitrogen and oxygen atoms in total. The summed E-state index contributed by atoms with van der Waals surface area (Å²) in [5, 5.41) is 13.3. The van der Waals surface area contributed by atoms with Crippen molar-refractivity contribution in [1.82, 2.24) is 5.32 Å². The molecule has 8 heteroatoms. The normalized spacial score (nSPS) is 11.8. The van der Waals surface area contributed by atoms with E-state index in [1.54, 1.807) is 6.92 Å². The molecule has 3 N–H and O–H groups in total. The number of rotatable bonds is 6. The molecule has 0 heterocycles. The summed E-state index contributed by atoms with van der Waals surface area (Å²) in [5.74, 6) is -1.39. The van der Waals surface area contributed by atoms with Gasteiger partial charge in [-0.3, -0.25) is 0 Å². The second-order valence-electron chi connectivity index (χ2n) is 3.77. The maximum atomic E-state index is 12.2. The monoisotopic (exact) mass is 288 g/mol. The number of aliphatic carboxylic acids is 1. The molecule has 0 aliphatic rings. The molecule has 0 saturated carbocycles. The zero-order valence-electron chi connectivity index (χ0n) is 10.6. The summed E-state index contributed by atoms with van der Waals surface area (Å²) in [5.41, 5.74) is 0.0190. The lowest BCUT2D eigenvalue weighted by molar-refractivity contribution is -0.139. The molecule has 1 rings (SSSR count). The summed E-state index contributed by atoms with van der Waals surface area (Å²) in [4.78, 5) is 22.4. The summed E-state index contributed by atoms with van der Waals surface area (Å²) in [6.07, 6.45) is 0.192. The van der Waals surface area contributed by atoms with Crippen LogP contribution in [0.5, 0.6) is 5.75 Å². The van der Waals surface area contributed by atoms with Crippen LogP contribution < -0.4 is 15.4 Å². The van der Waals surface area contributed by atoms with Crippen LogP contribution in [0.1, 0.15) is 13.3 Å². The number of ether oxygens (including phenoxy) is 1. The van der Waals surface area contributed by atoms with E-state index in [1.807, 2.05) is 0 Å². The van der Waals surface area contributed by atoms with E-state index >= 15 is 0 Å². The predicted octanol–water partition coefficient (Wildman–Crippen LogP) is 2.27. The largest absolute Gasteiger partial charge is 0.480 e. The highest BCUT2D eigenvalue weighted by Gasteiger charge is 2.18. The van der Waals surface area contributed by atoms with Crippen molar-refractivity contribution in [1.29, 1.82) is 0 Å². The molecule has 0 radical (unpaired) electrons. The average Bonchev–Trinajstić information content (AvgIpc) is 2.37. The molecule has 0 fully saturated rings. The first kappa shape index (κ1) is 15.7. The Bertz CT molecular complexity index is 482. The highest BCUT2D eigenvalue weighted by atomic mass is 19.3. The van der Waals surface area contributed by atoms with Crippen LogP contribution in [0.4, 0.5) is 19.3 Å². The first-order valence-electron chi connectivity index (χ1n) is 5.78. The number of carboxylic acids is 1. The Hall–Kier alpha value is -2.38. The predicted molar refractivity (Wildman–Crippen MR) is 66.9 cm³/mol. The molecule has 0 aromatic heterocycles. The Morgan fingerprint density at radius 3 is 2.55 bits per heavy atom. The van der Waals surface area contributed by atoms with Crippen molar-refractivity contribution in [3.8, 4) is 5.75 Å². The Morgan fingerprint density at radius 1 is 1.35 bits per heavy atom. The van der Waals surface area contributed by atoms with Gasteiger partial charge in [-0.1, -0.05) is 19.1 Å². The number of alkyl halides is 2. The molecule has 0 aliphatic heterocycles. The van der Waals surface area contributed by atoms with Gasteiger partial charge in [-0.25, -0.2) is 9.59 Å². The number of para-hydroxylation sites is 2. The summed E-state index contributed by atoms with van der Waals surface area (Å²) in [6.45, 7) is -1.43. The van der Waals surface area contributed by atoms with E-state index in [0.29, 0.717) is 0 Å². The fraction of sp³-hybridized carbons (Fsp3) is 0.333. The van der Waals surface area contributed by atoms with Gasteiger partial charge in [0.15, 0.2) is 0 Å². The van der Waals surface area contributed by atoms with Crippen molar-refractivity contribution in [2.24, 2.45) is 0 Å². The molecule has 20 heavy (non-hydrogen) atoms. The van der Waals surface area contributed by atoms with Gasteiger partial charge in [0.05, 0.1) is 5.69 Å². The molecule has 2 amide bonds. The number of halogens is 2. The lowest BCUT2D eigenvalue weighted by atomic mass is 10.2. The van der Waals surface area contributed by atoms with Crippen LogP contribution in [0.3, 0.4) is 0 Å². The van der Waals surface area contributed by atoms with E-state index in [2.05, 4.69) is 15.4 Å². The number of carboxylic acid groups (broad SMARTS) is 1. The molecular formula is C12H14F2N2O4. The van der Waals surface area contributed by atoms with Crippen LogP contribution in [0.25, 0.3) is 0 Å². The molecule has 0 aliphatic carbocycles. The number of benzene rings is 1. The van der Waals surface area contributed by atoms with Gasteiger partial charge in [0.1, 0.15) is 11.8 Å². The second-order valence-corrected chi connectivity index (χ2v) is 3.77. The molecule has 1 aromatic rings. The van der Waals surface area contributed by atoms with Gasteiger partial charge < -0.3 is 20.5 Å². The van der Waals surface area contributed by atoms with Crippen molar-refractivity contribution in [2.45, 2.75) is 26.0 Å². The van der Waals surface area contributed by atoms with Crippen LogP contribution in [-0.4, -0.2) is 29.8 Å². The van der Waals surface area contributed by atoms with Gasteiger partial charge in [0.2, 0.25) is 0 Å². The lowest BCUT2D eigenvalue weighted by Crippen LogP contribution is -2.42. The minimum Gasteiger partial charge on any atom is -0.480 e. The zero-order chi connectivity index (χ0) is 15.1. The van der Waals surface area contributed by atoms with Crippen molar-refractivity contribution < 1.29 is 28.2 Å². The van der Waals surface area contributed by atoms with Crippen LogP contribution in [0.2, 0.25) is 0 Å². The highest BCUT2D eigenvalue weighted by Crippen LogP contribution is 2.25. The fourth-order valence-corrected chi connectivity index (χ4v) is 1.42. The third-order valence-electron chi connectivity index (χ3n) is 2.36. The number of carbonyl (C=O) groups excluding carboxylic acids is 1. The number of nitrogens with one attached hydrogen (secondary N) is 2. The van der Waals surface area contributed by atoms with E-state index in [0.717, 1.165) is 0 Å². The van der Waals surface area contributed by atoms with Gasteiger partial charge in [0.25, 0.3) is 0 Å². The Balaban J connectivity index is 2.73. The lowest BCUT2D eigenvalue weighted by Gasteiger charge is -2.15. The molecule has 0 saturated heterocycles. The maximum absolute atomic E-state index is 12.2. The first-order chi connectivity index (χ1) is 9.43. The third-order valence-corrected chi connectivity index (χ3v) is 2.36. The van der Waals surface area contributed by atoms with Crippen LogP contribution in [0.15, 0.2) is 24.3 Å². The molecule has 0 spiro atoms.